The average Bonchev–Trinajstić information content (AvgIpc) is 3.03. The second-order valence-electron chi connectivity index (χ2n) is 4.44. The Kier molecular flexibility index (Phi) is 6.12. The zero-order chi connectivity index (χ0) is 13.6. The van der Waals surface area contributed by atoms with Crippen molar-refractivity contribution in [2.45, 2.75) is 6.42 Å². The predicted molar refractivity (Wildman–Crippen MR) is 76.0 cm³/mol. The van der Waals surface area contributed by atoms with Crippen LogP contribution in [0.5, 0.6) is 11.5 Å². The van der Waals surface area contributed by atoms with Crippen LogP contribution >= 0.6 is 0 Å². The summed E-state index contributed by atoms with van der Waals surface area (Å²) >= 11 is -2.25. The van der Waals surface area contributed by atoms with Crippen molar-refractivity contribution in [1.82, 2.24) is 0 Å². The first-order valence-corrected chi connectivity index (χ1v) is 8.66. The molecule has 3 rings (SSSR count). The van der Waals surface area contributed by atoms with Gasteiger partial charge in [-0.15, -0.1) is 0 Å². The number of benzene rings is 2. The molecule has 0 saturated carbocycles. The van der Waals surface area contributed by atoms with Crippen LogP contribution in [0.15, 0.2) is 82.8 Å². The van der Waals surface area contributed by atoms with Crippen LogP contribution in [-0.4, -0.2) is 0 Å². The summed E-state index contributed by atoms with van der Waals surface area (Å²) in [5, 5.41) is 0. The zero-order valence-electron chi connectivity index (χ0n) is 11.4. The van der Waals surface area contributed by atoms with Gasteiger partial charge < -0.3 is 12.4 Å². The van der Waals surface area contributed by atoms with Crippen molar-refractivity contribution in [1.29, 1.82) is 0 Å². The first-order valence-electron chi connectivity index (χ1n) is 6.61. The molecular weight excluding hydrogens is 320 g/mol. The van der Waals surface area contributed by atoms with Crippen LogP contribution in [0.1, 0.15) is 6.42 Å². The SMILES string of the molecule is C1=CC[C]([Ti+]([O]c2ccccc2)[O]c2ccccc2)=C1.[Cl-]. The van der Waals surface area contributed by atoms with Crippen molar-refractivity contribution in [2.24, 2.45) is 0 Å². The predicted octanol–water partition coefficient (Wildman–Crippen LogP) is 1.44. The van der Waals surface area contributed by atoms with E-state index in [-0.39, 0.29) is 12.4 Å². The standard InChI is InChI=1S/2C6H6O.C5H5.ClH.Ti/c2*7-6-4-2-1-3-5-6;1-2-4-5-3-1;;/h2*1-5,7H;1-3H,4H2;1H;/q;;;;+3/p-3. The third-order valence-corrected chi connectivity index (χ3v) is 5.65. The van der Waals surface area contributed by atoms with Crippen LogP contribution < -0.4 is 19.0 Å². The summed E-state index contributed by atoms with van der Waals surface area (Å²) in [5.41, 5.74) is 0. The zero-order valence-corrected chi connectivity index (χ0v) is 13.7. The molecule has 106 valence electrons. The van der Waals surface area contributed by atoms with E-state index in [1.165, 1.54) is 3.88 Å². The number of allylic oxidation sites excluding steroid dienone is 4. The Hall–Kier alpha value is -1.48. The molecule has 0 bridgehead atoms. The van der Waals surface area contributed by atoms with Gasteiger partial charge in [0.15, 0.2) is 0 Å². The van der Waals surface area contributed by atoms with Gasteiger partial charge in [0.2, 0.25) is 0 Å². The van der Waals surface area contributed by atoms with Gasteiger partial charge in [-0.2, -0.15) is 0 Å². The van der Waals surface area contributed by atoms with Crippen molar-refractivity contribution < 1.29 is 37.7 Å². The number of hydrogen-bond acceptors (Lipinski definition) is 2. The van der Waals surface area contributed by atoms with E-state index in [1.54, 1.807) is 0 Å². The smallest absolute Gasteiger partial charge is 1.00 e. The summed E-state index contributed by atoms with van der Waals surface area (Å²) in [6.45, 7) is 0. The van der Waals surface area contributed by atoms with Crippen LogP contribution in [0.4, 0.5) is 0 Å². The van der Waals surface area contributed by atoms with Crippen LogP contribution in [0.3, 0.4) is 0 Å². The van der Waals surface area contributed by atoms with Crippen molar-refractivity contribution >= 4 is 0 Å². The van der Waals surface area contributed by atoms with Gasteiger partial charge in [0, 0.05) is 0 Å². The molecule has 0 heterocycles. The molecule has 21 heavy (non-hydrogen) atoms. The molecular formula is C17H15ClO2Ti. The first-order chi connectivity index (χ1) is 9.92. The Morgan fingerprint density at radius 1 is 0.762 bits per heavy atom. The van der Waals surface area contributed by atoms with Gasteiger partial charge >= 0.3 is 126 Å². The summed E-state index contributed by atoms with van der Waals surface area (Å²) in [4.78, 5) is 0. The number of halogens is 1. The molecule has 0 atom stereocenters. The van der Waals surface area contributed by atoms with Gasteiger partial charge in [0.05, 0.1) is 0 Å². The number of rotatable bonds is 5. The molecule has 1 aliphatic rings. The minimum Gasteiger partial charge on any atom is -1.00 e. The average molecular weight is 335 g/mol. The van der Waals surface area contributed by atoms with E-state index >= 15 is 0 Å². The second-order valence-corrected chi connectivity index (χ2v) is 6.98. The number of para-hydroxylation sites is 2. The summed E-state index contributed by atoms with van der Waals surface area (Å²) in [6.07, 6.45) is 7.28. The van der Waals surface area contributed by atoms with E-state index < -0.39 is 18.6 Å². The van der Waals surface area contributed by atoms with Gasteiger partial charge in [0.25, 0.3) is 0 Å². The van der Waals surface area contributed by atoms with E-state index in [4.69, 9.17) is 6.64 Å². The summed E-state index contributed by atoms with van der Waals surface area (Å²) in [7, 11) is 0. The molecule has 2 aromatic rings. The largest absolute Gasteiger partial charge is 1.00 e. The molecule has 0 radical (unpaired) electrons. The molecule has 0 fully saturated rings. The molecule has 0 aromatic heterocycles. The van der Waals surface area contributed by atoms with Gasteiger partial charge in [-0.1, -0.05) is 0 Å². The quantitative estimate of drug-likeness (QED) is 0.771. The Labute approximate surface area is 138 Å². The summed E-state index contributed by atoms with van der Waals surface area (Å²) in [6, 6.07) is 19.8. The van der Waals surface area contributed by atoms with Gasteiger partial charge in [0.1, 0.15) is 0 Å². The van der Waals surface area contributed by atoms with E-state index in [0.29, 0.717) is 0 Å². The second kappa shape index (κ2) is 8.09. The topological polar surface area (TPSA) is 18.5 Å². The van der Waals surface area contributed by atoms with Crippen molar-refractivity contribution in [2.75, 3.05) is 0 Å². The van der Waals surface area contributed by atoms with Crippen molar-refractivity contribution in [3.05, 3.63) is 82.8 Å². The van der Waals surface area contributed by atoms with E-state index in [1.807, 2.05) is 60.7 Å². The molecule has 0 saturated heterocycles. The van der Waals surface area contributed by atoms with E-state index in [2.05, 4.69) is 18.2 Å². The molecule has 2 nitrogen and oxygen atoms in total. The Morgan fingerprint density at radius 3 is 1.71 bits per heavy atom. The maximum Gasteiger partial charge on any atom is -1.00 e. The van der Waals surface area contributed by atoms with Crippen LogP contribution in [0.25, 0.3) is 0 Å². The molecule has 1 aliphatic carbocycles. The molecule has 0 amide bonds. The summed E-state index contributed by atoms with van der Waals surface area (Å²) in [5.74, 6) is 1.76. The molecule has 2 aromatic carbocycles. The first kappa shape index (κ1) is 15.9. The van der Waals surface area contributed by atoms with Gasteiger partial charge in [-0.05, 0) is 0 Å². The van der Waals surface area contributed by atoms with Crippen LogP contribution in [0, 0.1) is 0 Å². The van der Waals surface area contributed by atoms with Crippen LogP contribution in [-0.2, 0) is 18.6 Å². The van der Waals surface area contributed by atoms with Gasteiger partial charge in [-0.3, -0.25) is 0 Å². The Morgan fingerprint density at radius 2 is 1.29 bits per heavy atom. The fourth-order valence-corrected chi connectivity index (χ4v) is 4.32. The number of hydrogen-bond donors (Lipinski definition) is 0. The minimum absolute atomic E-state index is 0. The normalized spacial score (nSPS) is 12.3. The monoisotopic (exact) mass is 334 g/mol. The Bertz CT molecular complexity index is 570. The third-order valence-electron chi connectivity index (χ3n) is 2.94. The maximum atomic E-state index is 6.14. The van der Waals surface area contributed by atoms with Gasteiger partial charge in [-0.25, -0.2) is 0 Å². The van der Waals surface area contributed by atoms with Crippen molar-refractivity contribution in [3.8, 4) is 11.5 Å². The van der Waals surface area contributed by atoms with Crippen molar-refractivity contribution in [3.63, 3.8) is 0 Å². The summed E-state index contributed by atoms with van der Waals surface area (Å²) < 4.78 is 13.6. The third kappa shape index (κ3) is 4.50. The maximum absolute atomic E-state index is 6.14. The molecule has 0 N–H and O–H groups in total. The van der Waals surface area contributed by atoms with E-state index in [0.717, 1.165) is 17.9 Å². The van der Waals surface area contributed by atoms with Crippen LogP contribution in [0.2, 0.25) is 0 Å². The molecule has 4 heteroatoms. The van der Waals surface area contributed by atoms with E-state index in [9.17, 15) is 0 Å². The fraction of sp³-hybridized carbons (Fsp3) is 0.0588. The molecule has 0 unspecified atom stereocenters. The Balaban J connectivity index is 0.00000161. The fourth-order valence-electron chi connectivity index (χ4n) is 1.94. The molecule has 0 spiro atoms. The molecule has 0 aliphatic heterocycles. The minimum atomic E-state index is -2.25.